The van der Waals surface area contributed by atoms with Crippen LogP contribution in [0.2, 0.25) is 0 Å². The van der Waals surface area contributed by atoms with Gasteiger partial charge in [-0.15, -0.1) is 0 Å². The summed E-state index contributed by atoms with van der Waals surface area (Å²) in [7, 11) is 1.94. The molecule has 3 aromatic rings. The van der Waals surface area contributed by atoms with Gasteiger partial charge in [-0.1, -0.05) is 12.1 Å². The molecule has 1 N–H and O–H groups in total. The summed E-state index contributed by atoms with van der Waals surface area (Å²) in [5, 5.41) is 7.75. The first-order valence-electron chi connectivity index (χ1n) is 7.29. The highest BCUT2D eigenvalue weighted by atomic mass is 15.2. The first kappa shape index (κ1) is 13.8. The van der Waals surface area contributed by atoms with E-state index in [0.717, 1.165) is 24.4 Å². The molecule has 0 spiro atoms. The van der Waals surface area contributed by atoms with Gasteiger partial charge in [0.25, 0.3) is 0 Å². The molecular formula is C16H21N5. The van der Waals surface area contributed by atoms with E-state index in [1.165, 1.54) is 11.1 Å². The molecule has 2 aromatic heterocycles. The van der Waals surface area contributed by atoms with Crippen molar-refractivity contribution in [2.45, 2.75) is 26.4 Å². The first-order chi connectivity index (χ1) is 10.1. The molecule has 0 radical (unpaired) electrons. The molecule has 0 bridgehead atoms. The van der Waals surface area contributed by atoms with Crippen LogP contribution in [0.3, 0.4) is 0 Å². The quantitative estimate of drug-likeness (QED) is 0.782. The number of aromatic nitrogens is 4. The highest BCUT2D eigenvalue weighted by Crippen LogP contribution is 2.15. The normalized spacial score (nSPS) is 12.9. The van der Waals surface area contributed by atoms with Crippen LogP contribution < -0.4 is 5.32 Å². The number of nitrogens with one attached hydrogen (secondary N) is 1. The number of benzene rings is 1. The molecule has 2 heterocycles. The van der Waals surface area contributed by atoms with E-state index in [1.54, 1.807) is 0 Å². The molecular weight excluding hydrogens is 262 g/mol. The molecule has 0 fully saturated rings. The monoisotopic (exact) mass is 283 g/mol. The topological polar surface area (TPSA) is 47.7 Å². The van der Waals surface area contributed by atoms with Crippen molar-refractivity contribution in [3.05, 3.63) is 48.0 Å². The predicted octanol–water partition coefficient (Wildman–Crippen LogP) is 2.43. The Morgan fingerprint density at radius 1 is 1.29 bits per heavy atom. The van der Waals surface area contributed by atoms with Gasteiger partial charge < -0.3 is 9.88 Å². The number of aryl methyl sites for hydroxylation is 2. The molecule has 5 heteroatoms. The maximum atomic E-state index is 4.59. The van der Waals surface area contributed by atoms with Crippen molar-refractivity contribution in [1.29, 1.82) is 0 Å². The minimum absolute atomic E-state index is 0.300. The fraction of sp³-hybridized carbons (Fsp3) is 0.375. The van der Waals surface area contributed by atoms with E-state index in [1.807, 2.05) is 24.0 Å². The first-order valence-corrected chi connectivity index (χ1v) is 7.29. The molecule has 1 unspecified atom stereocenters. The smallest absolute Gasteiger partial charge is 0.106 e. The van der Waals surface area contributed by atoms with Gasteiger partial charge in [0.15, 0.2) is 0 Å². The SMILES string of the molecule is Cc1nc2ccccc2n1CCNC(C)c1cnn(C)c1. The standard InChI is InChI=1S/C16H21N5/c1-12(14-10-18-20(3)11-14)17-8-9-21-13(2)19-15-6-4-5-7-16(15)21/h4-7,10-12,17H,8-9H2,1-3H3. The van der Waals surface area contributed by atoms with Gasteiger partial charge in [-0.05, 0) is 26.0 Å². The van der Waals surface area contributed by atoms with Crippen molar-refractivity contribution in [1.82, 2.24) is 24.6 Å². The van der Waals surface area contributed by atoms with Crippen molar-refractivity contribution in [2.24, 2.45) is 7.05 Å². The van der Waals surface area contributed by atoms with Crippen molar-refractivity contribution in [2.75, 3.05) is 6.54 Å². The van der Waals surface area contributed by atoms with E-state index < -0.39 is 0 Å². The Labute approximate surface area is 124 Å². The second kappa shape index (κ2) is 5.69. The molecule has 0 saturated heterocycles. The highest BCUT2D eigenvalue weighted by molar-refractivity contribution is 5.75. The average molecular weight is 283 g/mol. The van der Waals surface area contributed by atoms with Crippen LogP contribution in [0.4, 0.5) is 0 Å². The highest BCUT2D eigenvalue weighted by Gasteiger charge is 2.09. The Morgan fingerprint density at radius 3 is 2.86 bits per heavy atom. The maximum absolute atomic E-state index is 4.59. The van der Waals surface area contributed by atoms with Crippen LogP contribution in [-0.2, 0) is 13.6 Å². The minimum Gasteiger partial charge on any atom is -0.327 e. The van der Waals surface area contributed by atoms with Crippen LogP contribution in [-0.4, -0.2) is 25.9 Å². The minimum atomic E-state index is 0.300. The van der Waals surface area contributed by atoms with Gasteiger partial charge in [-0.25, -0.2) is 4.98 Å². The predicted molar refractivity (Wildman–Crippen MR) is 84.1 cm³/mol. The molecule has 0 aliphatic heterocycles. The summed E-state index contributed by atoms with van der Waals surface area (Å²) in [6, 6.07) is 8.58. The molecule has 1 aromatic carbocycles. The summed E-state index contributed by atoms with van der Waals surface area (Å²) in [5.41, 5.74) is 3.48. The second-order valence-electron chi connectivity index (χ2n) is 5.42. The summed E-state index contributed by atoms with van der Waals surface area (Å²) in [4.78, 5) is 4.59. The molecule has 110 valence electrons. The molecule has 3 rings (SSSR count). The number of rotatable bonds is 5. The zero-order valence-corrected chi connectivity index (χ0v) is 12.7. The van der Waals surface area contributed by atoms with Crippen molar-refractivity contribution >= 4 is 11.0 Å². The number of hydrogen-bond acceptors (Lipinski definition) is 3. The maximum Gasteiger partial charge on any atom is 0.106 e. The number of nitrogens with zero attached hydrogens (tertiary/aromatic N) is 4. The lowest BCUT2D eigenvalue weighted by Gasteiger charge is -2.13. The average Bonchev–Trinajstić information content (AvgIpc) is 3.03. The van der Waals surface area contributed by atoms with E-state index in [0.29, 0.717) is 6.04 Å². The van der Waals surface area contributed by atoms with Crippen LogP contribution in [0, 0.1) is 6.92 Å². The van der Waals surface area contributed by atoms with Gasteiger partial charge in [0.1, 0.15) is 5.82 Å². The van der Waals surface area contributed by atoms with Crippen LogP contribution in [0.1, 0.15) is 24.4 Å². The van der Waals surface area contributed by atoms with Crippen LogP contribution in [0.25, 0.3) is 11.0 Å². The van der Waals surface area contributed by atoms with Gasteiger partial charge >= 0.3 is 0 Å². The van der Waals surface area contributed by atoms with Crippen molar-refractivity contribution in [3.8, 4) is 0 Å². The Balaban J connectivity index is 1.65. The Kier molecular flexibility index (Phi) is 3.75. The lowest BCUT2D eigenvalue weighted by molar-refractivity contribution is 0.531. The van der Waals surface area contributed by atoms with Gasteiger partial charge in [-0.2, -0.15) is 5.10 Å². The zero-order valence-electron chi connectivity index (χ0n) is 12.7. The van der Waals surface area contributed by atoms with Crippen LogP contribution in [0.15, 0.2) is 36.7 Å². The van der Waals surface area contributed by atoms with Gasteiger partial charge in [-0.3, -0.25) is 4.68 Å². The summed E-state index contributed by atoms with van der Waals surface area (Å²) < 4.78 is 4.10. The fourth-order valence-corrected chi connectivity index (χ4v) is 2.65. The van der Waals surface area contributed by atoms with E-state index >= 15 is 0 Å². The van der Waals surface area contributed by atoms with Gasteiger partial charge in [0, 0.05) is 37.9 Å². The molecule has 0 aliphatic carbocycles. The van der Waals surface area contributed by atoms with E-state index in [4.69, 9.17) is 0 Å². The van der Waals surface area contributed by atoms with Crippen molar-refractivity contribution < 1.29 is 0 Å². The molecule has 0 amide bonds. The number of hydrogen-bond donors (Lipinski definition) is 1. The van der Waals surface area contributed by atoms with Crippen molar-refractivity contribution in [3.63, 3.8) is 0 Å². The number of para-hydroxylation sites is 2. The van der Waals surface area contributed by atoms with E-state index in [2.05, 4.69) is 58.2 Å². The lowest BCUT2D eigenvalue weighted by Crippen LogP contribution is -2.23. The molecule has 0 aliphatic rings. The summed E-state index contributed by atoms with van der Waals surface area (Å²) >= 11 is 0. The summed E-state index contributed by atoms with van der Waals surface area (Å²) in [5.74, 6) is 1.06. The molecule has 5 nitrogen and oxygen atoms in total. The van der Waals surface area contributed by atoms with E-state index in [-0.39, 0.29) is 0 Å². The largest absolute Gasteiger partial charge is 0.327 e. The third-order valence-corrected chi connectivity index (χ3v) is 3.86. The van der Waals surface area contributed by atoms with E-state index in [9.17, 15) is 0 Å². The molecule has 0 saturated carbocycles. The zero-order chi connectivity index (χ0) is 14.8. The lowest BCUT2D eigenvalue weighted by atomic mass is 10.2. The fourth-order valence-electron chi connectivity index (χ4n) is 2.65. The second-order valence-corrected chi connectivity index (χ2v) is 5.42. The van der Waals surface area contributed by atoms with Crippen LogP contribution >= 0.6 is 0 Å². The molecule has 1 atom stereocenters. The Morgan fingerprint density at radius 2 is 2.10 bits per heavy atom. The van der Waals surface area contributed by atoms with Crippen LogP contribution in [0.5, 0.6) is 0 Å². The third-order valence-electron chi connectivity index (χ3n) is 3.86. The number of imidazole rings is 1. The van der Waals surface area contributed by atoms with Gasteiger partial charge in [0.2, 0.25) is 0 Å². The Bertz CT molecular complexity index is 740. The Hall–Kier alpha value is -2.14. The number of fused-ring (bicyclic) bond motifs is 1. The summed E-state index contributed by atoms with van der Waals surface area (Å²) in [6.07, 6.45) is 3.96. The third kappa shape index (κ3) is 2.83. The molecule has 21 heavy (non-hydrogen) atoms. The summed E-state index contributed by atoms with van der Waals surface area (Å²) in [6.45, 7) is 6.04. The van der Waals surface area contributed by atoms with Gasteiger partial charge in [0.05, 0.1) is 17.2 Å².